The fourth-order valence-electron chi connectivity index (χ4n) is 2.37. The first kappa shape index (κ1) is 15.9. The third-order valence-electron chi connectivity index (χ3n) is 3.52. The number of carbonyl (C=O) groups is 1. The summed E-state index contributed by atoms with van der Waals surface area (Å²) in [7, 11) is -2.39. The highest BCUT2D eigenvalue weighted by atomic mass is 32.2. The number of esters is 1. The Balaban J connectivity index is 2.27. The lowest BCUT2D eigenvalue weighted by Crippen LogP contribution is -2.45. The number of hydrogen-bond donors (Lipinski definition) is 2. The number of carbonyl (C=O) groups excluding carboxylic acids is 1. The quantitative estimate of drug-likeness (QED) is 0.804. The number of methoxy groups -OCH3 is 1. The van der Waals surface area contributed by atoms with Crippen LogP contribution in [0.4, 0.5) is 0 Å². The van der Waals surface area contributed by atoms with E-state index in [4.69, 9.17) is 0 Å². The molecule has 1 fully saturated rings. The molecule has 1 saturated heterocycles. The number of benzene rings is 1. The van der Waals surface area contributed by atoms with Gasteiger partial charge in [-0.3, -0.25) is 0 Å². The first-order valence-electron chi connectivity index (χ1n) is 6.86. The SMILES string of the molecule is COC(=O)c1ccc(C)c(S(=O)(=O)N[C@H]2CCCNC2)c1. The number of sulfonamides is 1. The van der Waals surface area contributed by atoms with Gasteiger partial charge in [-0.1, -0.05) is 6.07 Å². The maximum Gasteiger partial charge on any atom is 0.337 e. The van der Waals surface area contributed by atoms with Gasteiger partial charge in [0.15, 0.2) is 0 Å². The van der Waals surface area contributed by atoms with Crippen molar-refractivity contribution in [2.75, 3.05) is 20.2 Å². The van der Waals surface area contributed by atoms with Crippen molar-refractivity contribution in [3.63, 3.8) is 0 Å². The number of rotatable bonds is 4. The van der Waals surface area contributed by atoms with Gasteiger partial charge in [-0.2, -0.15) is 0 Å². The Morgan fingerprint density at radius 3 is 2.81 bits per heavy atom. The Kier molecular flexibility index (Phi) is 4.97. The summed E-state index contributed by atoms with van der Waals surface area (Å²) < 4.78 is 32.3. The van der Waals surface area contributed by atoms with Crippen LogP contribution in [0.3, 0.4) is 0 Å². The van der Waals surface area contributed by atoms with Crippen LogP contribution in [0.25, 0.3) is 0 Å². The average molecular weight is 312 g/mol. The van der Waals surface area contributed by atoms with Crippen molar-refractivity contribution in [1.29, 1.82) is 0 Å². The van der Waals surface area contributed by atoms with Crippen molar-refractivity contribution >= 4 is 16.0 Å². The molecule has 0 aliphatic carbocycles. The molecule has 7 heteroatoms. The fraction of sp³-hybridized carbons (Fsp3) is 0.500. The lowest BCUT2D eigenvalue weighted by molar-refractivity contribution is 0.0600. The van der Waals surface area contributed by atoms with Crippen molar-refractivity contribution in [2.45, 2.75) is 30.7 Å². The average Bonchev–Trinajstić information content (AvgIpc) is 2.47. The first-order valence-corrected chi connectivity index (χ1v) is 8.34. The van der Waals surface area contributed by atoms with Crippen LogP contribution in [0, 0.1) is 6.92 Å². The zero-order chi connectivity index (χ0) is 15.5. The van der Waals surface area contributed by atoms with E-state index < -0.39 is 16.0 Å². The van der Waals surface area contributed by atoms with Crippen LogP contribution in [0.15, 0.2) is 23.1 Å². The van der Waals surface area contributed by atoms with Crippen LogP contribution in [0.5, 0.6) is 0 Å². The Labute approximate surface area is 124 Å². The van der Waals surface area contributed by atoms with Crippen LogP contribution in [0.1, 0.15) is 28.8 Å². The van der Waals surface area contributed by atoms with Crippen LogP contribution < -0.4 is 10.0 Å². The van der Waals surface area contributed by atoms with E-state index in [-0.39, 0.29) is 16.5 Å². The lowest BCUT2D eigenvalue weighted by Gasteiger charge is -2.24. The van der Waals surface area contributed by atoms with Gasteiger partial charge in [-0.05, 0) is 44.0 Å². The predicted octanol–water partition coefficient (Wildman–Crippen LogP) is 0.812. The predicted molar refractivity (Wildman–Crippen MR) is 78.7 cm³/mol. The van der Waals surface area contributed by atoms with Crippen LogP contribution in [-0.4, -0.2) is 40.6 Å². The largest absolute Gasteiger partial charge is 0.465 e. The van der Waals surface area contributed by atoms with Crippen molar-refractivity contribution in [3.8, 4) is 0 Å². The molecule has 2 N–H and O–H groups in total. The molecule has 1 aliphatic heterocycles. The van der Waals surface area contributed by atoms with E-state index in [1.54, 1.807) is 19.1 Å². The molecule has 0 spiro atoms. The fourth-order valence-corrected chi connectivity index (χ4v) is 3.91. The highest BCUT2D eigenvalue weighted by Crippen LogP contribution is 2.19. The molecule has 1 atom stereocenters. The summed E-state index contributed by atoms with van der Waals surface area (Å²) in [6, 6.07) is 4.41. The molecular formula is C14H20N2O4S. The third kappa shape index (κ3) is 3.81. The van der Waals surface area contributed by atoms with E-state index in [2.05, 4.69) is 14.8 Å². The molecule has 0 bridgehead atoms. The van der Waals surface area contributed by atoms with E-state index in [0.717, 1.165) is 19.4 Å². The highest BCUT2D eigenvalue weighted by molar-refractivity contribution is 7.89. The van der Waals surface area contributed by atoms with Gasteiger partial charge in [0.25, 0.3) is 0 Å². The standard InChI is InChI=1S/C14H20N2O4S/c1-10-5-6-11(14(17)20-2)8-13(10)21(18,19)16-12-4-3-7-15-9-12/h5-6,8,12,15-16H,3-4,7,9H2,1-2H3/t12-/m0/s1. The molecule has 1 aromatic rings. The summed E-state index contributed by atoms with van der Waals surface area (Å²) in [5.41, 5.74) is 0.823. The topological polar surface area (TPSA) is 84.5 Å². The normalized spacial score (nSPS) is 19.2. The monoisotopic (exact) mass is 312 g/mol. The summed E-state index contributed by atoms with van der Waals surface area (Å²) in [6.07, 6.45) is 1.75. The van der Waals surface area contributed by atoms with Crippen LogP contribution >= 0.6 is 0 Å². The highest BCUT2D eigenvalue weighted by Gasteiger charge is 2.24. The second-order valence-electron chi connectivity index (χ2n) is 5.14. The number of aryl methyl sites for hydroxylation is 1. The van der Waals surface area contributed by atoms with Crippen LogP contribution in [0.2, 0.25) is 0 Å². The summed E-state index contributed by atoms with van der Waals surface area (Å²) in [4.78, 5) is 11.7. The Morgan fingerprint density at radius 2 is 2.19 bits per heavy atom. The summed E-state index contributed by atoms with van der Waals surface area (Å²) in [6.45, 7) is 3.23. The van der Waals surface area contributed by atoms with Crippen molar-refractivity contribution in [3.05, 3.63) is 29.3 Å². The first-order chi connectivity index (χ1) is 9.94. The Morgan fingerprint density at radius 1 is 1.43 bits per heavy atom. The van der Waals surface area contributed by atoms with Gasteiger partial charge in [-0.25, -0.2) is 17.9 Å². The zero-order valence-electron chi connectivity index (χ0n) is 12.2. The summed E-state index contributed by atoms with van der Waals surface area (Å²) in [5.74, 6) is -0.550. The summed E-state index contributed by atoms with van der Waals surface area (Å²) >= 11 is 0. The molecule has 1 aliphatic rings. The van der Waals surface area contributed by atoms with Gasteiger partial charge in [0, 0.05) is 12.6 Å². The van der Waals surface area contributed by atoms with Gasteiger partial charge < -0.3 is 10.1 Å². The van der Waals surface area contributed by atoms with Gasteiger partial charge in [0.1, 0.15) is 0 Å². The van der Waals surface area contributed by atoms with E-state index in [1.807, 2.05) is 0 Å². The van der Waals surface area contributed by atoms with E-state index in [0.29, 0.717) is 12.1 Å². The minimum Gasteiger partial charge on any atom is -0.465 e. The molecule has 0 saturated carbocycles. The third-order valence-corrected chi connectivity index (χ3v) is 5.18. The van der Waals surface area contributed by atoms with Gasteiger partial charge in [-0.15, -0.1) is 0 Å². The molecule has 6 nitrogen and oxygen atoms in total. The zero-order valence-corrected chi connectivity index (χ0v) is 13.0. The molecule has 0 unspecified atom stereocenters. The molecule has 0 amide bonds. The number of nitrogens with one attached hydrogen (secondary N) is 2. The van der Waals surface area contributed by atoms with Crippen LogP contribution in [-0.2, 0) is 14.8 Å². The Hall–Kier alpha value is -1.44. The molecule has 1 heterocycles. The van der Waals surface area contributed by atoms with Crippen molar-refractivity contribution in [2.24, 2.45) is 0 Å². The maximum absolute atomic E-state index is 12.5. The van der Waals surface area contributed by atoms with E-state index >= 15 is 0 Å². The second-order valence-corrected chi connectivity index (χ2v) is 6.82. The molecule has 0 radical (unpaired) electrons. The number of hydrogen-bond acceptors (Lipinski definition) is 5. The molecule has 2 rings (SSSR count). The van der Waals surface area contributed by atoms with E-state index in [1.165, 1.54) is 13.2 Å². The van der Waals surface area contributed by atoms with Gasteiger partial charge >= 0.3 is 5.97 Å². The molecule has 21 heavy (non-hydrogen) atoms. The lowest BCUT2D eigenvalue weighted by atomic mass is 10.1. The van der Waals surface area contributed by atoms with Crippen molar-refractivity contribution in [1.82, 2.24) is 10.0 Å². The minimum atomic E-state index is -3.65. The molecule has 1 aromatic carbocycles. The van der Waals surface area contributed by atoms with Gasteiger partial charge in [0.2, 0.25) is 10.0 Å². The van der Waals surface area contributed by atoms with Gasteiger partial charge in [0.05, 0.1) is 17.6 Å². The molecular weight excluding hydrogens is 292 g/mol. The maximum atomic E-state index is 12.5. The van der Waals surface area contributed by atoms with E-state index in [9.17, 15) is 13.2 Å². The molecule has 0 aromatic heterocycles. The second kappa shape index (κ2) is 6.55. The molecule has 116 valence electrons. The number of ether oxygens (including phenoxy) is 1. The minimum absolute atomic E-state index is 0.120. The Bertz CT molecular complexity index is 622. The summed E-state index contributed by atoms with van der Waals surface area (Å²) in [5, 5.41) is 3.16. The smallest absolute Gasteiger partial charge is 0.337 e. The van der Waals surface area contributed by atoms with Crippen molar-refractivity contribution < 1.29 is 17.9 Å². The number of piperidine rings is 1.